The highest BCUT2D eigenvalue weighted by Gasteiger charge is 2.28. The van der Waals surface area contributed by atoms with Gasteiger partial charge in [-0.3, -0.25) is 0 Å². The molecule has 0 unspecified atom stereocenters. The molecule has 2 heterocycles. The number of aryl methyl sites for hydroxylation is 1. The molecule has 8 heteroatoms. The van der Waals surface area contributed by atoms with Crippen molar-refractivity contribution in [1.29, 1.82) is 0 Å². The fraction of sp³-hybridized carbons (Fsp3) is 0.385. The third-order valence-electron chi connectivity index (χ3n) is 3.64. The van der Waals surface area contributed by atoms with Crippen molar-refractivity contribution < 1.29 is 8.42 Å². The van der Waals surface area contributed by atoms with Crippen LogP contribution in [0.2, 0.25) is 5.02 Å². The lowest BCUT2D eigenvalue weighted by atomic mass is 10.2. The molecule has 1 saturated heterocycles. The van der Waals surface area contributed by atoms with Crippen LogP contribution in [0.15, 0.2) is 29.3 Å². The molecule has 1 aliphatic rings. The Balaban J connectivity index is 0.00000161. The van der Waals surface area contributed by atoms with Crippen LogP contribution in [0.5, 0.6) is 0 Å². The molecular formula is C13H17Cl2N3O2S. The molecule has 5 nitrogen and oxygen atoms in total. The van der Waals surface area contributed by atoms with E-state index in [0.29, 0.717) is 36.2 Å². The van der Waals surface area contributed by atoms with E-state index in [1.807, 2.05) is 6.07 Å². The molecule has 0 bridgehead atoms. The number of hydrogen-bond donors (Lipinski definition) is 1. The summed E-state index contributed by atoms with van der Waals surface area (Å²) >= 11 is 5.97. The van der Waals surface area contributed by atoms with Crippen LogP contribution in [0.25, 0.3) is 10.9 Å². The maximum atomic E-state index is 12.7. The maximum Gasteiger partial charge on any atom is 0.258 e. The van der Waals surface area contributed by atoms with E-state index in [0.717, 1.165) is 10.9 Å². The summed E-state index contributed by atoms with van der Waals surface area (Å²) < 4.78 is 28.7. The van der Waals surface area contributed by atoms with Gasteiger partial charge in [-0.05, 0) is 24.3 Å². The summed E-state index contributed by atoms with van der Waals surface area (Å²) in [4.78, 5) is 0. The number of rotatable bonds is 2. The Labute approximate surface area is 135 Å². The minimum Gasteiger partial charge on any atom is -0.334 e. The van der Waals surface area contributed by atoms with Crippen molar-refractivity contribution in [2.24, 2.45) is 7.05 Å². The lowest BCUT2D eigenvalue weighted by Gasteiger charge is -2.26. The summed E-state index contributed by atoms with van der Waals surface area (Å²) in [6.07, 6.45) is 0. The van der Waals surface area contributed by atoms with Crippen molar-refractivity contribution in [3.63, 3.8) is 0 Å². The first-order chi connectivity index (χ1) is 9.50. The monoisotopic (exact) mass is 349 g/mol. The lowest BCUT2D eigenvalue weighted by Crippen LogP contribution is -2.46. The van der Waals surface area contributed by atoms with E-state index in [9.17, 15) is 8.42 Å². The highest BCUT2D eigenvalue weighted by molar-refractivity contribution is 7.89. The second-order valence-corrected chi connectivity index (χ2v) is 7.22. The van der Waals surface area contributed by atoms with Gasteiger partial charge < -0.3 is 9.88 Å². The molecule has 1 N–H and O–H groups in total. The van der Waals surface area contributed by atoms with Gasteiger partial charge in [-0.1, -0.05) is 11.6 Å². The number of nitrogens with one attached hydrogen (secondary N) is 1. The Morgan fingerprint density at radius 1 is 1.19 bits per heavy atom. The van der Waals surface area contributed by atoms with Crippen LogP contribution in [0.1, 0.15) is 0 Å². The SMILES string of the molecule is Cl.Cn1c(S(=O)(=O)N2CCNCC2)cc2cc(Cl)ccc21. The van der Waals surface area contributed by atoms with Crippen molar-refractivity contribution in [3.05, 3.63) is 29.3 Å². The molecule has 2 aromatic rings. The zero-order chi connectivity index (χ0) is 14.3. The molecule has 1 fully saturated rings. The Hall–Kier alpha value is -0.790. The van der Waals surface area contributed by atoms with Crippen molar-refractivity contribution in [2.75, 3.05) is 26.2 Å². The first kappa shape index (κ1) is 16.6. The van der Waals surface area contributed by atoms with Gasteiger partial charge >= 0.3 is 0 Å². The van der Waals surface area contributed by atoms with Crippen LogP contribution in [0, 0.1) is 0 Å². The van der Waals surface area contributed by atoms with Gasteiger partial charge in [0.05, 0.1) is 0 Å². The molecule has 0 amide bonds. The van der Waals surface area contributed by atoms with E-state index in [4.69, 9.17) is 11.6 Å². The van der Waals surface area contributed by atoms with E-state index >= 15 is 0 Å². The minimum atomic E-state index is -3.45. The van der Waals surface area contributed by atoms with Gasteiger partial charge in [0.15, 0.2) is 5.03 Å². The summed E-state index contributed by atoms with van der Waals surface area (Å²) in [6.45, 7) is 2.39. The average molecular weight is 350 g/mol. The molecular weight excluding hydrogens is 333 g/mol. The van der Waals surface area contributed by atoms with Gasteiger partial charge in [0.25, 0.3) is 10.0 Å². The Morgan fingerprint density at radius 3 is 2.52 bits per heavy atom. The first-order valence-electron chi connectivity index (χ1n) is 6.46. The van der Waals surface area contributed by atoms with E-state index in [-0.39, 0.29) is 12.4 Å². The van der Waals surface area contributed by atoms with Gasteiger partial charge in [-0.25, -0.2) is 8.42 Å². The second kappa shape index (κ2) is 6.14. The summed E-state index contributed by atoms with van der Waals surface area (Å²) in [7, 11) is -1.69. The highest BCUT2D eigenvalue weighted by Crippen LogP contribution is 2.27. The molecule has 1 aliphatic heterocycles. The third-order valence-corrected chi connectivity index (χ3v) is 5.84. The molecule has 0 radical (unpaired) electrons. The van der Waals surface area contributed by atoms with Gasteiger partial charge in [-0.2, -0.15) is 4.31 Å². The maximum absolute atomic E-state index is 12.7. The lowest BCUT2D eigenvalue weighted by molar-refractivity contribution is 0.358. The van der Waals surface area contributed by atoms with E-state index < -0.39 is 10.0 Å². The standard InChI is InChI=1S/C13H16ClN3O2S.ClH/c1-16-12-3-2-11(14)8-10(12)9-13(16)20(18,19)17-6-4-15-5-7-17;/h2-3,8-9,15H,4-7H2,1H3;1H. The van der Waals surface area contributed by atoms with E-state index in [2.05, 4.69) is 5.32 Å². The number of fused-ring (bicyclic) bond motifs is 1. The van der Waals surface area contributed by atoms with Gasteiger partial charge in [0, 0.05) is 49.2 Å². The molecule has 116 valence electrons. The van der Waals surface area contributed by atoms with Crippen LogP contribution < -0.4 is 5.32 Å². The largest absolute Gasteiger partial charge is 0.334 e. The van der Waals surface area contributed by atoms with Crippen molar-refractivity contribution in [2.45, 2.75) is 5.03 Å². The molecule has 0 saturated carbocycles. The van der Waals surface area contributed by atoms with Crippen LogP contribution in [-0.2, 0) is 17.1 Å². The Kier molecular flexibility index (Phi) is 4.85. The fourth-order valence-electron chi connectivity index (χ4n) is 2.56. The van der Waals surface area contributed by atoms with Crippen LogP contribution >= 0.6 is 24.0 Å². The second-order valence-electron chi connectivity index (χ2n) is 4.90. The average Bonchev–Trinajstić information content (AvgIpc) is 2.77. The van der Waals surface area contributed by atoms with Gasteiger partial charge in [0.2, 0.25) is 0 Å². The molecule has 1 aromatic heterocycles. The third kappa shape index (κ3) is 2.91. The zero-order valence-corrected chi connectivity index (χ0v) is 13.9. The number of nitrogens with zero attached hydrogens (tertiary/aromatic N) is 2. The van der Waals surface area contributed by atoms with Gasteiger partial charge in [0.1, 0.15) is 0 Å². The molecule has 1 aromatic carbocycles. The highest BCUT2D eigenvalue weighted by atomic mass is 35.5. The zero-order valence-electron chi connectivity index (χ0n) is 11.5. The number of sulfonamides is 1. The molecule has 0 atom stereocenters. The first-order valence-corrected chi connectivity index (χ1v) is 8.28. The number of piperazine rings is 1. The fourth-order valence-corrected chi connectivity index (χ4v) is 4.39. The van der Waals surface area contributed by atoms with Crippen LogP contribution in [-0.4, -0.2) is 43.5 Å². The quantitative estimate of drug-likeness (QED) is 0.899. The molecule has 21 heavy (non-hydrogen) atoms. The van der Waals surface area contributed by atoms with Crippen molar-refractivity contribution in [3.8, 4) is 0 Å². The van der Waals surface area contributed by atoms with Crippen molar-refractivity contribution >= 4 is 44.9 Å². The summed E-state index contributed by atoms with van der Waals surface area (Å²) in [5, 5.41) is 4.92. The molecule has 0 spiro atoms. The van der Waals surface area contributed by atoms with E-state index in [1.54, 1.807) is 29.8 Å². The molecule has 3 rings (SSSR count). The Morgan fingerprint density at radius 2 is 1.86 bits per heavy atom. The smallest absolute Gasteiger partial charge is 0.258 e. The van der Waals surface area contributed by atoms with Crippen molar-refractivity contribution in [1.82, 2.24) is 14.2 Å². The number of benzene rings is 1. The van der Waals surface area contributed by atoms with E-state index in [1.165, 1.54) is 4.31 Å². The summed E-state index contributed by atoms with van der Waals surface area (Å²) in [5.41, 5.74) is 0.864. The normalized spacial score (nSPS) is 16.9. The molecule has 0 aliphatic carbocycles. The summed E-state index contributed by atoms with van der Waals surface area (Å²) in [6, 6.07) is 7.09. The topological polar surface area (TPSA) is 54.3 Å². The summed E-state index contributed by atoms with van der Waals surface area (Å²) in [5.74, 6) is 0. The van der Waals surface area contributed by atoms with Gasteiger partial charge in [-0.15, -0.1) is 12.4 Å². The van der Waals surface area contributed by atoms with Crippen LogP contribution in [0.4, 0.5) is 0 Å². The number of hydrogen-bond acceptors (Lipinski definition) is 3. The predicted molar refractivity (Wildman–Crippen MR) is 86.8 cm³/mol. The number of aromatic nitrogens is 1. The number of halogens is 2. The predicted octanol–water partition coefficient (Wildman–Crippen LogP) is 1.85. The minimum absolute atomic E-state index is 0. The van der Waals surface area contributed by atoms with Crippen LogP contribution in [0.3, 0.4) is 0 Å². The Bertz CT molecular complexity index is 752.